The van der Waals surface area contributed by atoms with E-state index in [1.807, 2.05) is 32.8 Å². The van der Waals surface area contributed by atoms with Crippen LogP contribution in [0.25, 0.3) is 0 Å². The van der Waals surface area contributed by atoms with E-state index in [4.69, 9.17) is 10.9 Å². The van der Waals surface area contributed by atoms with Crippen LogP contribution >= 0.6 is 0 Å². The fourth-order valence-corrected chi connectivity index (χ4v) is 1.77. The van der Waals surface area contributed by atoms with Gasteiger partial charge in [-0.2, -0.15) is 0 Å². The zero-order valence-electron chi connectivity index (χ0n) is 11.3. The summed E-state index contributed by atoms with van der Waals surface area (Å²) in [4.78, 5) is 15.9. The van der Waals surface area contributed by atoms with Gasteiger partial charge in [0.2, 0.25) is 5.91 Å². The number of amidine groups is 1. The summed E-state index contributed by atoms with van der Waals surface area (Å²) in [6.45, 7) is 6.94. The third-order valence-electron chi connectivity index (χ3n) is 2.71. The molecule has 17 heavy (non-hydrogen) atoms. The van der Waals surface area contributed by atoms with Crippen molar-refractivity contribution >= 4 is 11.7 Å². The van der Waals surface area contributed by atoms with Crippen molar-refractivity contribution in [1.29, 1.82) is 0 Å². The summed E-state index contributed by atoms with van der Waals surface area (Å²) < 4.78 is 0. The lowest BCUT2D eigenvalue weighted by molar-refractivity contribution is -0.135. The topological polar surface area (TPSA) is 82.2 Å². The van der Waals surface area contributed by atoms with Gasteiger partial charge < -0.3 is 20.7 Å². The van der Waals surface area contributed by atoms with E-state index < -0.39 is 5.92 Å². The fourth-order valence-electron chi connectivity index (χ4n) is 1.77. The third-order valence-corrected chi connectivity index (χ3v) is 2.71. The van der Waals surface area contributed by atoms with Crippen LogP contribution in [0.15, 0.2) is 5.16 Å². The summed E-state index contributed by atoms with van der Waals surface area (Å²) >= 11 is 0. The minimum atomic E-state index is -0.593. The quantitative estimate of drug-likeness (QED) is 0.302. The summed E-state index contributed by atoms with van der Waals surface area (Å²) in [5.74, 6) is -0.757. The Morgan fingerprint density at radius 2 is 1.94 bits per heavy atom. The molecule has 2 unspecified atom stereocenters. The maximum absolute atomic E-state index is 12.1. The molecule has 1 amide bonds. The first-order valence-corrected chi connectivity index (χ1v) is 5.77. The number of rotatable bonds is 6. The van der Waals surface area contributed by atoms with Gasteiger partial charge in [-0.25, -0.2) is 0 Å². The summed E-state index contributed by atoms with van der Waals surface area (Å²) in [6, 6.07) is 0.0939. The van der Waals surface area contributed by atoms with Gasteiger partial charge in [0.15, 0.2) is 5.84 Å². The monoisotopic (exact) mass is 244 g/mol. The predicted octanol–water partition coefficient (Wildman–Crippen LogP) is 0.168. The molecule has 0 heterocycles. The van der Waals surface area contributed by atoms with Crippen molar-refractivity contribution in [2.75, 3.05) is 27.2 Å². The lowest BCUT2D eigenvalue weighted by Crippen LogP contribution is -2.48. The molecule has 0 aliphatic carbocycles. The zero-order chi connectivity index (χ0) is 13.6. The Morgan fingerprint density at radius 3 is 2.29 bits per heavy atom. The highest BCUT2D eigenvalue weighted by atomic mass is 16.4. The van der Waals surface area contributed by atoms with E-state index in [9.17, 15) is 4.79 Å². The van der Waals surface area contributed by atoms with E-state index in [0.29, 0.717) is 6.54 Å². The summed E-state index contributed by atoms with van der Waals surface area (Å²) in [5.41, 5.74) is 5.45. The highest BCUT2D eigenvalue weighted by molar-refractivity contribution is 6.01. The first-order valence-electron chi connectivity index (χ1n) is 5.77. The molecular formula is C11H24N4O2. The van der Waals surface area contributed by atoms with E-state index in [1.54, 1.807) is 11.8 Å². The van der Waals surface area contributed by atoms with Crippen LogP contribution < -0.4 is 5.73 Å². The number of hydrogen-bond acceptors (Lipinski definition) is 4. The molecule has 6 nitrogen and oxygen atoms in total. The maximum Gasteiger partial charge on any atom is 0.233 e. The molecule has 0 aromatic carbocycles. The van der Waals surface area contributed by atoms with Crippen LogP contribution in [-0.2, 0) is 4.79 Å². The van der Waals surface area contributed by atoms with Gasteiger partial charge in [0, 0.05) is 19.1 Å². The summed E-state index contributed by atoms with van der Waals surface area (Å²) in [7, 11) is 3.92. The number of hydrogen-bond donors (Lipinski definition) is 2. The minimum absolute atomic E-state index is 0.0505. The van der Waals surface area contributed by atoms with Gasteiger partial charge in [0.25, 0.3) is 0 Å². The van der Waals surface area contributed by atoms with Gasteiger partial charge in [-0.3, -0.25) is 4.79 Å². The van der Waals surface area contributed by atoms with Crippen LogP contribution in [-0.4, -0.2) is 60.0 Å². The molecule has 0 saturated heterocycles. The van der Waals surface area contributed by atoms with Crippen LogP contribution in [0.4, 0.5) is 0 Å². The van der Waals surface area contributed by atoms with E-state index in [-0.39, 0.29) is 17.8 Å². The van der Waals surface area contributed by atoms with Gasteiger partial charge in [-0.05, 0) is 34.9 Å². The average molecular weight is 244 g/mol. The molecule has 3 N–H and O–H groups in total. The standard InChI is InChI=1S/C11H24N4O2/c1-6-15(8(2)7-14(4)5)11(16)9(3)10(12)13-17/h8-9,17H,6-7H2,1-5H3,(H2,12,13). The van der Waals surface area contributed by atoms with Crippen LogP contribution in [0.3, 0.4) is 0 Å². The zero-order valence-corrected chi connectivity index (χ0v) is 11.3. The number of nitrogens with two attached hydrogens (primary N) is 1. The molecule has 0 aliphatic rings. The maximum atomic E-state index is 12.1. The Hall–Kier alpha value is -1.30. The molecule has 0 saturated carbocycles. The lowest BCUT2D eigenvalue weighted by Gasteiger charge is -2.31. The van der Waals surface area contributed by atoms with Crippen molar-refractivity contribution in [3.63, 3.8) is 0 Å². The second kappa shape index (κ2) is 7.11. The Balaban J connectivity index is 4.71. The molecule has 0 bridgehead atoms. The van der Waals surface area contributed by atoms with E-state index in [0.717, 1.165) is 6.54 Å². The molecule has 0 aliphatic heterocycles. The number of nitrogens with zero attached hydrogens (tertiary/aromatic N) is 3. The normalized spacial score (nSPS) is 15.8. The second-order valence-electron chi connectivity index (χ2n) is 4.48. The van der Waals surface area contributed by atoms with Crippen LogP contribution in [0.5, 0.6) is 0 Å². The van der Waals surface area contributed by atoms with Gasteiger partial charge in [0.1, 0.15) is 0 Å². The Bertz CT molecular complexity index is 279. The van der Waals surface area contributed by atoms with Crippen LogP contribution in [0.1, 0.15) is 20.8 Å². The number of amides is 1. The smallest absolute Gasteiger partial charge is 0.233 e. The van der Waals surface area contributed by atoms with E-state index >= 15 is 0 Å². The van der Waals surface area contributed by atoms with Crippen molar-refractivity contribution in [3.8, 4) is 0 Å². The Morgan fingerprint density at radius 1 is 1.41 bits per heavy atom. The summed E-state index contributed by atoms with van der Waals surface area (Å²) in [6.07, 6.45) is 0. The third kappa shape index (κ3) is 4.60. The second-order valence-corrected chi connectivity index (χ2v) is 4.48. The average Bonchev–Trinajstić information content (AvgIpc) is 2.26. The molecule has 0 fully saturated rings. The lowest BCUT2D eigenvalue weighted by atomic mass is 10.1. The van der Waals surface area contributed by atoms with Gasteiger partial charge in [0.05, 0.1) is 5.92 Å². The van der Waals surface area contributed by atoms with Crippen molar-refractivity contribution in [3.05, 3.63) is 0 Å². The van der Waals surface area contributed by atoms with Crippen molar-refractivity contribution in [1.82, 2.24) is 9.80 Å². The minimum Gasteiger partial charge on any atom is -0.409 e. The van der Waals surface area contributed by atoms with Crippen LogP contribution in [0.2, 0.25) is 0 Å². The number of oxime groups is 1. The molecule has 0 aromatic heterocycles. The molecule has 0 aromatic rings. The van der Waals surface area contributed by atoms with E-state index in [2.05, 4.69) is 5.16 Å². The van der Waals surface area contributed by atoms with Gasteiger partial charge in [-0.1, -0.05) is 5.16 Å². The highest BCUT2D eigenvalue weighted by Crippen LogP contribution is 2.08. The van der Waals surface area contributed by atoms with E-state index in [1.165, 1.54) is 0 Å². The molecule has 0 spiro atoms. The largest absolute Gasteiger partial charge is 0.409 e. The molecular weight excluding hydrogens is 220 g/mol. The predicted molar refractivity (Wildman–Crippen MR) is 68.0 cm³/mol. The van der Waals surface area contributed by atoms with Crippen LogP contribution in [0, 0.1) is 5.92 Å². The van der Waals surface area contributed by atoms with Crippen molar-refractivity contribution < 1.29 is 10.0 Å². The Labute approximate surface area is 103 Å². The number of likely N-dealkylation sites (N-methyl/N-ethyl adjacent to an activating group) is 2. The Kier molecular flexibility index (Phi) is 6.57. The van der Waals surface area contributed by atoms with Crippen molar-refractivity contribution in [2.24, 2.45) is 16.8 Å². The van der Waals surface area contributed by atoms with Crippen molar-refractivity contribution in [2.45, 2.75) is 26.8 Å². The number of carbonyl (C=O) groups is 1. The van der Waals surface area contributed by atoms with Gasteiger partial charge in [-0.15, -0.1) is 0 Å². The van der Waals surface area contributed by atoms with Gasteiger partial charge >= 0.3 is 0 Å². The molecule has 6 heteroatoms. The number of carbonyl (C=O) groups excluding carboxylic acids is 1. The SMILES string of the molecule is CCN(C(=O)C(C)C(N)=NO)C(C)CN(C)C. The highest BCUT2D eigenvalue weighted by Gasteiger charge is 2.26. The first-order chi connectivity index (χ1) is 7.84. The molecule has 0 radical (unpaired) electrons. The summed E-state index contributed by atoms with van der Waals surface area (Å²) in [5, 5.41) is 11.5. The molecule has 2 atom stereocenters. The molecule has 100 valence electrons. The molecule has 0 rings (SSSR count). The first kappa shape index (κ1) is 15.7. The fraction of sp³-hybridized carbons (Fsp3) is 0.818.